The number of nitrogens with one attached hydrogen (secondary N) is 1. The Morgan fingerprint density at radius 2 is 1.70 bits per heavy atom. The van der Waals surface area contributed by atoms with Crippen LogP contribution in [0, 0.1) is 0 Å². The van der Waals surface area contributed by atoms with Crippen molar-refractivity contribution in [3.05, 3.63) is 35.9 Å². The van der Waals surface area contributed by atoms with Crippen molar-refractivity contribution in [2.24, 2.45) is 5.73 Å². The van der Waals surface area contributed by atoms with E-state index in [4.69, 9.17) is 5.73 Å². The van der Waals surface area contributed by atoms with Gasteiger partial charge in [-0.2, -0.15) is 0 Å². The molecule has 1 rings (SSSR count). The summed E-state index contributed by atoms with van der Waals surface area (Å²) in [7, 11) is 0. The Morgan fingerprint density at radius 3 is 2.20 bits per heavy atom. The van der Waals surface area contributed by atoms with Gasteiger partial charge in [-0.3, -0.25) is 4.79 Å². The van der Waals surface area contributed by atoms with E-state index in [9.17, 15) is 4.79 Å². The van der Waals surface area contributed by atoms with Gasteiger partial charge in [0.25, 0.3) is 0 Å². The van der Waals surface area contributed by atoms with Crippen molar-refractivity contribution in [3.8, 4) is 0 Å². The normalized spacial score (nSPS) is 12.2. The zero-order chi connectivity index (χ0) is 15.2. The predicted molar refractivity (Wildman–Crippen MR) is 84.6 cm³/mol. The summed E-state index contributed by atoms with van der Waals surface area (Å²) in [5, 5.41) is 2.99. The van der Waals surface area contributed by atoms with E-state index in [0.29, 0.717) is 13.0 Å². The third kappa shape index (κ3) is 4.64. The number of carbonyl (C=O) groups is 1. The fourth-order valence-electron chi connectivity index (χ4n) is 2.23. The molecule has 20 heavy (non-hydrogen) atoms. The van der Waals surface area contributed by atoms with Gasteiger partial charge >= 0.3 is 0 Å². The molecule has 0 bridgehead atoms. The van der Waals surface area contributed by atoms with Crippen LogP contribution in [0.2, 0.25) is 0 Å². The highest BCUT2D eigenvalue weighted by atomic mass is 16.1. The van der Waals surface area contributed by atoms with Crippen LogP contribution in [0.3, 0.4) is 0 Å². The molecule has 3 nitrogen and oxygen atoms in total. The van der Waals surface area contributed by atoms with E-state index in [1.165, 1.54) is 5.56 Å². The number of benzene rings is 1. The van der Waals surface area contributed by atoms with Gasteiger partial charge in [-0.05, 0) is 23.8 Å². The first kappa shape index (κ1) is 16.7. The molecule has 0 fully saturated rings. The summed E-state index contributed by atoms with van der Waals surface area (Å²) in [5.74, 6) is 0.0654. The summed E-state index contributed by atoms with van der Waals surface area (Å²) in [5.41, 5.74) is 6.93. The highest BCUT2D eigenvalue weighted by Crippen LogP contribution is 2.26. The van der Waals surface area contributed by atoms with Crippen molar-refractivity contribution in [2.75, 3.05) is 6.54 Å². The summed E-state index contributed by atoms with van der Waals surface area (Å²) in [6.45, 7) is 8.85. The van der Waals surface area contributed by atoms with Gasteiger partial charge in [0.1, 0.15) is 0 Å². The molecule has 0 unspecified atom stereocenters. The molecule has 3 heteroatoms. The van der Waals surface area contributed by atoms with Crippen molar-refractivity contribution in [1.82, 2.24) is 5.32 Å². The molecule has 1 amide bonds. The van der Waals surface area contributed by atoms with E-state index in [-0.39, 0.29) is 16.9 Å². The van der Waals surface area contributed by atoms with Crippen molar-refractivity contribution in [1.29, 1.82) is 0 Å². The highest BCUT2D eigenvalue weighted by Gasteiger charge is 2.26. The maximum atomic E-state index is 12.1. The lowest BCUT2D eigenvalue weighted by molar-refractivity contribution is -0.122. The molecule has 112 valence electrons. The van der Waals surface area contributed by atoms with Crippen LogP contribution in [0.4, 0.5) is 0 Å². The maximum Gasteiger partial charge on any atom is 0.220 e. The Balaban J connectivity index is 2.58. The topological polar surface area (TPSA) is 55.1 Å². The van der Waals surface area contributed by atoms with Gasteiger partial charge in [-0.25, -0.2) is 0 Å². The third-order valence-electron chi connectivity index (χ3n) is 4.20. The number of amides is 1. The molecule has 0 radical (unpaired) electrons. The molecular weight excluding hydrogens is 248 g/mol. The number of hydrogen-bond acceptors (Lipinski definition) is 2. The molecule has 3 N–H and O–H groups in total. The van der Waals surface area contributed by atoms with Gasteiger partial charge in [-0.1, -0.05) is 58.0 Å². The van der Waals surface area contributed by atoms with Gasteiger partial charge in [0.05, 0.1) is 0 Å². The third-order valence-corrected chi connectivity index (χ3v) is 4.20. The summed E-state index contributed by atoms with van der Waals surface area (Å²) in [6, 6.07) is 10.1. The average Bonchev–Trinajstić information content (AvgIpc) is 2.45. The fraction of sp³-hybridized carbons (Fsp3) is 0.588. The largest absolute Gasteiger partial charge is 0.354 e. The second kappa shape index (κ2) is 6.89. The van der Waals surface area contributed by atoms with Crippen LogP contribution in [0.1, 0.15) is 52.5 Å². The summed E-state index contributed by atoms with van der Waals surface area (Å²) in [4.78, 5) is 12.1. The van der Waals surface area contributed by atoms with Crippen LogP contribution in [-0.2, 0) is 10.2 Å². The molecule has 0 aliphatic carbocycles. The minimum Gasteiger partial charge on any atom is -0.354 e. The molecular formula is C17H28N2O. The molecule has 1 aromatic carbocycles. The lowest BCUT2D eigenvalue weighted by atomic mass is 9.81. The van der Waals surface area contributed by atoms with Crippen molar-refractivity contribution >= 4 is 5.91 Å². The first-order chi connectivity index (χ1) is 9.33. The molecule has 0 aliphatic heterocycles. The lowest BCUT2D eigenvalue weighted by Gasteiger charge is -2.29. The van der Waals surface area contributed by atoms with Crippen LogP contribution in [0.5, 0.6) is 0 Å². The summed E-state index contributed by atoms with van der Waals surface area (Å²) < 4.78 is 0. The Kier molecular flexibility index (Phi) is 5.75. The number of nitrogens with two attached hydrogens (primary N) is 1. The summed E-state index contributed by atoms with van der Waals surface area (Å²) >= 11 is 0. The van der Waals surface area contributed by atoms with Crippen molar-refractivity contribution in [2.45, 2.75) is 57.9 Å². The number of rotatable bonds is 7. The smallest absolute Gasteiger partial charge is 0.220 e. The van der Waals surface area contributed by atoms with Crippen LogP contribution in [0.25, 0.3) is 0 Å². The van der Waals surface area contributed by atoms with Gasteiger partial charge in [0, 0.05) is 18.5 Å². The fourth-order valence-corrected chi connectivity index (χ4v) is 2.23. The van der Waals surface area contributed by atoms with Crippen LogP contribution >= 0.6 is 0 Å². The first-order valence-electron chi connectivity index (χ1n) is 7.44. The number of carbonyl (C=O) groups excluding carboxylic acids is 1. The van der Waals surface area contributed by atoms with Crippen LogP contribution < -0.4 is 11.1 Å². The second-order valence-corrected chi connectivity index (χ2v) is 6.27. The molecule has 0 aliphatic rings. The van der Waals surface area contributed by atoms with Crippen molar-refractivity contribution < 1.29 is 4.79 Å². The SMILES string of the molecule is CCC(N)(CC)CNC(=O)CC(C)(C)c1ccccc1. The van der Waals surface area contributed by atoms with E-state index in [2.05, 4.69) is 45.1 Å². The van der Waals surface area contributed by atoms with E-state index in [1.807, 2.05) is 18.2 Å². The quantitative estimate of drug-likeness (QED) is 0.804. The Labute approximate surface area is 122 Å². The predicted octanol–water partition coefficient (Wildman–Crippen LogP) is 2.99. The molecule has 1 aromatic rings. The monoisotopic (exact) mass is 276 g/mol. The highest BCUT2D eigenvalue weighted by molar-refractivity contribution is 5.77. The molecule has 0 saturated carbocycles. The van der Waals surface area contributed by atoms with Gasteiger partial charge < -0.3 is 11.1 Å². The van der Waals surface area contributed by atoms with Gasteiger partial charge in [-0.15, -0.1) is 0 Å². The Morgan fingerprint density at radius 1 is 1.15 bits per heavy atom. The van der Waals surface area contributed by atoms with Crippen molar-refractivity contribution in [3.63, 3.8) is 0 Å². The molecule has 0 atom stereocenters. The first-order valence-corrected chi connectivity index (χ1v) is 7.44. The van der Waals surface area contributed by atoms with E-state index >= 15 is 0 Å². The molecule has 0 saturated heterocycles. The maximum absolute atomic E-state index is 12.1. The molecule has 0 heterocycles. The Bertz CT molecular complexity index is 422. The molecule has 0 aromatic heterocycles. The number of hydrogen-bond donors (Lipinski definition) is 2. The lowest BCUT2D eigenvalue weighted by Crippen LogP contribution is -2.49. The molecule has 0 spiro atoms. The zero-order valence-electron chi connectivity index (χ0n) is 13.2. The van der Waals surface area contributed by atoms with Gasteiger partial charge in [0.2, 0.25) is 5.91 Å². The van der Waals surface area contributed by atoms with Gasteiger partial charge in [0.15, 0.2) is 0 Å². The second-order valence-electron chi connectivity index (χ2n) is 6.27. The van der Waals surface area contributed by atoms with Crippen LogP contribution in [0.15, 0.2) is 30.3 Å². The Hall–Kier alpha value is -1.35. The summed E-state index contributed by atoms with van der Waals surface area (Å²) in [6.07, 6.45) is 2.21. The average molecular weight is 276 g/mol. The zero-order valence-corrected chi connectivity index (χ0v) is 13.2. The van der Waals surface area contributed by atoms with E-state index < -0.39 is 0 Å². The standard InChI is InChI=1S/C17H28N2O/c1-5-17(18,6-2)13-19-15(20)12-16(3,4)14-10-8-7-9-11-14/h7-11H,5-6,12-13,18H2,1-4H3,(H,19,20). The minimum atomic E-state index is -0.285. The van der Waals surface area contributed by atoms with Crippen LogP contribution in [-0.4, -0.2) is 18.0 Å². The van der Waals surface area contributed by atoms with E-state index in [1.54, 1.807) is 0 Å². The minimum absolute atomic E-state index is 0.0654. The van der Waals surface area contributed by atoms with E-state index in [0.717, 1.165) is 12.8 Å².